The summed E-state index contributed by atoms with van der Waals surface area (Å²) in [5.41, 5.74) is 5.94. The molecule has 3 nitrogen and oxygen atoms in total. The second kappa shape index (κ2) is 2.84. The van der Waals surface area contributed by atoms with Crippen LogP contribution >= 0.6 is 12.6 Å². The van der Waals surface area contributed by atoms with Crippen LogP contribution in [0.4, 0.5) is 0 Å². The number of hydrogen-bond donors (Lipinski definition) is 3. The molecule has 0 heterocycles. The summed E-state index contributed by atoms with van der Waals surface area (Å²) in [6.07, 6.45) is 0. The highest BCUT2D eigenvalue weighted by Crippen LogP contribution is 2.02. The molecule has 0 unspecified atom stereocenters. The van der Waals surface area contributed by atoms with Crippen molar-refractivity contribution in [1.82, 2.24) is 5.01 Å². The van der Waals surface area contributed by atoms with E-state index < -0.39 is 0 Å². The lowest BCUT2D eigenvalue weighted by atomic mass is 10.5. The maximum atomic E-state index is 5.32. The summed E-state index contributed by atoms with van der Waals surface area (Å²) >= 11 is 3.98. The Labute approximate surface area is 54.7 Å². The normalized spacial score (nSPS) is 13.0. The fourth-order valence-corrected chi connectivity index (χ4v) is 0.278. The quantitative estimate of drug-likeness (QED) is 0.265. The van der Waals surface area contributed by atoms with E-state index in [1.165, 1.54) is 5.01 Å². The van der Waals surface area contributed by atoms with Gasteiger partial charge in [-0.05, 0) is 6.92 Å². The zero-order valence-corrected chi connectivity index (χ0v) is 5.94. The topological polar surface area (TPSA) is 55.3 Å². The van der Waals surface area contributed by atoms with Gasteiger partial charge in [0.1, 0.15) is 5.03 Å². The van der Waals surface area contributed by atoms with Crippen molar-refractivity contribution in [3.63, 3.8) is 0 Å². The highest BCUT2D eigenvalue weighted by molar-refractivity contribution is 7.84. The number of allylic oxidation sites excluding steroid dienone is 1. The van der Waals surface area contributed by atoms with Crippen molar-refractivity contribution < 1.29 is 0 Å². The van der Waals surface area contributed by atoms with E-state index in [-0.39, 0.29) is 0 Å². The summed E-state index contributed by atoms with van der Waals surface area (Å²) in [6.45, 7) is 1.74. The lowest BCUT2D eigenvalue weighted by Gasteiger charge is -2.11. The van der Waals surface area contributed by atoms with Gasteiger partial charge in [-0.15, -0.1) is 12.6 Å². The van der Waals surface area contributed by atoms with Gasteiger partial charge in [-0.25, -0.2) is 5.84 Å². The minimum Gasteiger partial charge on any atom is -0.400 e. The maximum absolute atomic E-state index is 5.32. The number of rotatable bonds is 1. The third-order valence-corrected chi connectivity index (χ3v) is 1.35. The molecule has 0 aromatic carbocycles. The molecule has 0 fully saturated rings. The molecule has 0 amide bonds. The summed E-state index contributed by atoms with van der Waals surface area (Å²) < 4.78 is 0. The molecule has 0 atom stereocenters. The Morgan fingerprint density at radius 2 is 2.00 bits per heavy atom. The molecule has 0 spiro atoms. The van der Waals surface area contributed by atoms with Crippen LogP contribution in [-0.4, -0.2) is 12.1 Å². The van der Waals surface area contributed by atoms with Crippen LogP contribution in [0.15, 0.2) is 10.7 Å². The molecule has 4 N–H and O–H groups in total. The van der Waals surface area contributed by atoms with Gasteiger partial charge in [0.2, 0.25) is 0 Å². The Balaban J connectivity index is 4.00. The number of nitrogens with two attached hydrogens (primary N) is 2. The van der Waals surface area contributed by atoms with Crippen molar-refractivity contribution in [2.24, 2.45) is 11.6 Å². The highest BCUT2D eigenvalue weighted by Gasteiger charge is 1.93. The highest BCUT2D eigenvalue weighted by atomic mass is 32.1. The van der Waals surface area contributed by atoms with Crippen LogP contribution in [0.2, 0.25) is 0 Å². The van der Waals surface area contributed by atoms with Crippen molar-refractivity contribution >= 4 is 12.6 Å². The van der Waals surface area contributed by atoms with E-state index in [4.69, 9.17) is 11.6 Å². The largest absolute Gasteiger partial charge is 0.400 e. The lowest BCUT2D eigenvalue weighted by Crippen LogP contribution is -2.24. The average molecular weight is 133 g/mol. The third kappa shape index (κ3) is 2.09. The van der Waals surface area contributed by atoms with Crippen LogP contribution in [0.25, 0.3) is 0 Å². The smallest absolute Gasteiger partial charge is 0.100 e. The van der Waals surface area contributed by atoms with E-state index in [1.54, 1.807) is 14.0 Å². The molecule has 0 rings (SSSR count). The molecule has 8 heavy (non-hydrogen) atoms. The van der Waals surface area contributed by atoms with Crippen LogP contribution in [-0.2, 0) is 0 Å². The Morgan fingerprint density at radius 3 is 2.00 bits per heavy atom. The second-order valence-corrected chi connectivity index (χ2v) is 2.04. The first-order chi connectivity index (χ1) is 3.55. The molecule has 0 aliphatic carbocycles. The van der Waals surface area contributed by atoms with E-state index in [0.717, 1.165) is 0 Å². The van der Waals surface area contributed by atoms with Crippen molar-refractivity contribution in [3.05, 3.63) is 10.7 Å². The van der Waals surface area contributed by atoms with E-state index in [0.29, 0.717) is 10.7 Å². The molecule has 4 heteroatoms. The molecule has 0 bridgehead atoms. The number of hydrazine groups is 1. The van der Waals surface area contributed by atoms with Crippen molar-refractivity contribution in [3.8, 4) is 0 Å². The molecule has 0 aliphatic heterocycles. The summed E-state index contributed by atoms with van der Waals surface area (Å²) in [6, 6.07) is 0. The van der Waals surface area contributed by atoms with Gasteiger partial charge in [0.25, 0.3) is 0 Å². The molecular formula is C4H11N3S. The van der Waals surface area contributed by atoms with E-state index in [9.17, 15) is 0 Å². The van der Waals surface area contributed by atoms with E-state index >= 15 is 0 Å². The van der Waals surface area contributed by atoms with Gasteiger partial charge in [0.15, 0.2) is 0 Å². The summed E-state index contributed by atoms with van der Waals surface area (Å²) in [4.78, 5) is 0. The minimum atomic E-state index is 0.602. The van der Waals surface area contributed by atoms with Crippen LogP contribution < -0.4 is 11.6 Å². The first-order valence-electron chi connectivity index (χ1n) is 2.19. The van der Waals surface area contributed by atoms with Gasteiger partial charge < -0.3 is 10.7 Å². The fourth-order valence-electron chi connectivity index (χ4n) is 0.278. The SMILES string of the molecule is C/C(N)=C(\S)N(C)N. The standard InChI is InChI=1S/C4H11N3S/c1-3(5)4(8)7(2)6/h8H,5-6H2,1-2H3/b4-3+. The van der Waals surface area contributed by atoms with Gasteiger partial charge in [-0.1, -0.05) is 0 Å². The third-order valence-electron chi connectivity index (χ3n) is 0.687. The minimum absolute atomic E-state index is 0.602. The average Bonchev–Trinajstić information content (AvgIpc) is 1.64. The molecular weight excluding hydrogens is 122 g/mol. The van der Waals surface area contributed by atoms with Gasteiger partial charge >= 0.3 is 0 Å². The van der Waals surface area contributed by atoms with Crippen LogP contribution in [0.1, 0.15) is 6.92 Å². The van der Waals surface area contributed by atoms with Crippen LogP contribution in [0, 0.1) is 0 Å². The van der Waals surface area contributed by atoms with E-state index in [1.807, 2.05) is 0 Å². The van der Waals surface area contributed by atoms with Crippen LogP contribution in [0.3, 0.4) is 0 Å². The fraction of sp³-hybridized carbons (Fsp3) is 0.500. The van der Waals surface area contributed by atoms with Gasteiger partial charge in [0.05, 0.1) is 0 Å². The van der Waals surface area contributed by atoms with Gasteiger partial charge in [-0.2, -0.15) is 0 Å². The lowest BCUT2D eigenvalue weighted by molar-refractivity contribution is 0.468. The van der Waals surface area contributed by atoms with Crippen LogP contribution in [0.5, 0.6) is 0 Å². The molecule has 0 radical (unpaired) electrons. The summed E-state index contributed by atoms with van der Waals surface area (Å²) in [5, 5.41) is 1.96. The zero-order valence-electron chi connectivity index (χ0n) is 5.05. The Bertz CT molecular complexity index is 104. The first kappa shape index (κ1) is 7.65. The van der Waals surface area contributed by atoms with Gasteiger partial charge in [-0.3, -0.25) is 0 Å². The second-order valence-electron chi connectivity index (χ2n) is 1.62. The predicted octanol–water partition coefficient (Wildman–Crippen LogP) is -0.131. The molecule has 48 valence electrons. The Hall–Kier alpha value is -0.350. The molecule has 0 aliphatic rings. The molecule has 0 saturated heterocycles. The Kier molecular flexibility index (Phi) is 2.71. The predicted molar refractivity (Wildman–Crippen MR) is 37.8 cm³/mol. The van der Waals surface area contributed by atoms with Crippen molar-refractivity contribution in [2.75, 3.05) is 7.05 Å². The van der Waals surface area contributed by atoms with Crippen molar-refractivity contribution in [1.29, 1.82) is 0 Å². The van der Waals surface area contributed by atoms with Crippen molar-refractivity contribution in [2.45, 2.75) is 6.92 Å². The molecule has 0 saturated carbocycles. The number of hydrogen-bond acceptors (Lipinski definition) is 4. The first-order valence-corrected chi connectivity index (χ1v) is 2.64. The zero-order chi connectivity index (χ0) is 6.73. The summed E-state index contributed by atoms with van der Waals surface area (Å²) in [5.74, 6) is 5.26. The number of nitrogens with zero attached hydrogens (tertiary/aromatic N) is 1. The maximum Gasteiger partial charge on any atom is 0.100 e. The molecule has 0 aromatic heterocycles. The summed E-state index contributed by atoms with van der Waals surface area (Å²) in [7, 11) is 1.68. The number of thiol groups is 1. The Morgan fingerprint density at radius 1 is 1.62 bits per heavy atom. The van der Waals surface area contributed by atoms with Gasteiger partial charge in [0, 0.05) is 12.7 Å². The molecule has 0 aromatic rings. The van der Waals surface area contributed by atoms with E-state index in [2.05, 4.69) is 12.6 Å². The monoisotopic (exact) mass is 133 g/mol.